The number of nitrogens with zero attached hydrogens (tertiary/aromatic N) is 2. The zero-order chi connectivity index (χ0) is 23.2. The van der Waals surface area contributed by atoms with Crippen molar-refractivity contribution >= 4 is 41.0 Å². The summed E-state index contributed by atoms with van der Waals surface area (Å²) in [6.45, 7) is 5.46. The van der Waals surface area contributed by atoms with E-state index in [0.717, 1.165) is 37.1 Å². The van der Waals surface area contributed by atoms with E-state index in [9.17, 15) is 27.9 Å². The van der Waals surface area contributed by atoms with Crippen LogP contribution in [0.15, 0.2) is 41.5 Å². The fourth-order valence-corrected chi connectivity index (χ4v) is 2.78. The molecule has 3 N–H and O–H groups in total. The SMILES string of the molecule is CCN(CC)c1ccc(/C=N/NC(=O)C(=O)Nc2cc(C(F)(F)F)ccc2Cl)c(O)c1. The lowest BCUT2D eigenvalue weighted by molar-refractivity contribution is -0.137. The third-order valence-corrected chi connectivity index (χ3v) is 4.59. The lowest BCUT2D eigenvalue weighted by Crippen LogP contribution is -2.32. The fraction of sp³-hybridized carbons (Fsp3) is 0.250. The molecule has 0 atom stereocenters. The minimum atomic E-state index is -4.64. The second kappa shape index (κ2) is 10.2. The number of amides is 2. The predicted octanol–water partition coefficient (Wildman–Crippen LogP) is 4.00. The highest BCUT2D eigenvalue weighted by Gasteiger charge is 2.31. The topological polar surface area (TPSA) is 94.0 Å². The number of hydrazone groups is 1. The van der Waals surface area contributed by atoms with Gasteiger partial charge in [-0.05, 0) is 44.2 Å². The van der Waals surface area contributed by atoms with E-state index in [0.29, 0.717) is 6.07 Å². The Labute approximate surface area is 181 Å². The molecule has 0 heterocycles. The standard InChI is InChI=1S/C20H20ClF3N4O3/c1-3-28(4-2)14-7-5-12(17(29)10-14)11-25-27-19(31)18(30)26-16-9-13(20(22,23)24)6-8-15(16)21/h5-11,29H,3-4H2,1-2H3,(H,26,30)(H,27,31)/b25-11+. The predicted molar refractivity (Wildman–Crippen MR) is 112 cm³/mol. The van der Waals surface area contributed by atoms with Crippen molar-refractivity contribution in [2.75, 3.05) is 23.3 Å². The number of rotatable bonds is 6. The van der Waals surface area contributed by atoms with Crippen molar-refractivity contribution in [1.29, 1.82) is 0 Å². The second-order valence-corrected chi connectivity index (χ2v) is 6.67. The first-order chi connectivity index (χ1) is 14.6. The van der Waals surface area contributed by atoms with Crippen LogP contribution in [0.2, 0.25) is 5.02 Å². The third-order valence-electron chi connectivity index (χ3n) is 4.26. The number of carbonyl (C=O) groups is 2. The number of carbonyl (C=O) groups excluding carboxylic acids is 2. The van der Waals surface area contributed by atoms with Crippen LogP contribution in [0.25, 0.3) is 0 Å². The second-order valence-electron chi connectivity index (χ2n) is 6.26. The van der Waals surface area contributed by atoms with Gasteiger partial charge in [0.25, 0.3) is 0 Å². The summed E-state index contributed by atoms with van der Waals surface area (Å²) >= 11 is 5.78. The van der Waals surface area contributed by atoms with Crippen LogP contribution in [0.5, 0.6) is 5.75 Å². The summed E-state index contributed by atoms with van der Waals surface area (Å²) < 4.78 is 38.4. The van der Waals surface area contributed by atoms with E-state index in [2.05, 4.69) is 5.10 Å². The highest BCUT2D eigenvalue weighted by atomic mass is 35.5. The Balaban J connectivity index is 2.03. The average Bonchev–Trinajstić information content (AvgIpc) is 2.71. The van der Waals surface area contributed by atoms with Crippen LogP contribution in [-0.4, -0.2) is 36.2 Å². The number of nitrogens with one attached hydrogen (secondary N) is 2. The van der Waals surface area contributed by atoms with E-state index in [-0.39, 0.29) is 22.0 Å². The number of halogens is 4. The number of hydrogen-bond acceptors (Lipinski definition) is 5. The molecule has 31 heavy (non-hydrogen) atoms. The molecule has 0 radical (unpaired) electrons. The molecule has 0 aliphatic heterocycles. The van der Waals surface area contributed by atoms with Crippen molar-refractivity contribution in [3.05, 3.63) is 52.5 Å². The monoisotopic (exact) mass is 456 g/mol. The summed E-state index contributed by atoms with van der Waals surface area (Å²) in [6.07, 6.45) is -3.51. The Kier molecular flexibility index (Phi) is 7.87. The molecule has 0 unspecified atom stereocenters. The number of phenols is 1. The van der Waals surface area contributed by atoms with E-state index in [1.165, 1.54) is 0 Å². The first-order valence-electron chi connectivity index (χ1n) is 9.15. The summed E-state index contributed by atoms with van der Waals surface area (Å²) in [7, 11) is 0. The van der Waals surface area contributed by atoms with Gasteiger partial charge in [-0.1, -0.05) is 11.6 Å². The van der Waals surface area contributed by atoms with Gasteiger partial charge < -0.3 is 15.3 Å². The molecule has 0 spiro atoms. The van der Waals surface area contributed by atoms with Crippen LogP contribution in [-0.2, 0) is 15.8 Å². The number of aromatic hydroxyl groups is 1. The van der Waals surface area contributed by atoms with E-state index in [1.807, 2.05) is 29.5 Å². The van der Waals surface area contributed by atoms with Gasteiger partial charge >= 0.3 is 18.0 Å². The Morgan fingerprint density at radius 1 is 1.13 bits per heavy atom. The molecule has 0 saturated carbocycles. The van der Waals surface area contributed by atoms with Gasteiger partial charge in [0.2, 0.25) is 0 Å². The molecule has 2 amide bonds. The van der Waals surface area contributed by atoms with Crippen LogP contribution in [0.1, 0.15) is 25.0 Å². The highest BCUT2D eigenvalue weighted by molar-refractivity contribution is 6.41. The van der Waals surface area contributed by atoms with Crippen LogP contribution in [0, 0.1) is 0 Å². The molecular formula is C20H20ClF3N4O3. The van der Waals surface area contributed by atoms with Crippen molar-refractivity contribution in [2.45, 2.75) is 20.0 Å². The first-order valence-corrected chi connectivity index (χ1v) is 9.53. The maximum atomic E-state index is 12.8. The third kappa shape index (κ3) is 6.35. The molecule has 2 aromatic carbocycles. The van der Waals surface area contributed by atoms with E-state index in [1.54, 1.807) is 18.2 Å². The minimum absolute atomic E-state index is 0.0809. The number of phenolic OH excluding ortho intramolecular Hbond substituents is 1. The van der Waals surface area contributed by atoms with Crippen molar-refractivity contribution in [3.8, 4) is 5.75 Å². The highest BCUT2D eigenvalue weighted by Crippen LogP contribution is 2.33. The van der Waals surface area contributed by atoms with Crippen molar-refractivity contribution in [1.82, 2.24) is 5.43 Å². The number of anilines is 2. The number of benzene rings is 2. The average molecular weight is 457 g/mol. The largest absolute Gasteiger partial charge is 0.507 e. The van der Waals surface area contributed by atoms with E-state index >= 15 is 0 Å². The van der Waals surface area contributed by atoms with Gasteiger partial charge in [-0.25, -0.2) is 5.43 Å². The van der Waals surface area contributed by atoms with Crippen molar-refractivity contribution in [3.63, 3.8) is 0 Å². The summed E-state index contributed by atoms with van der Waals surface area (Å²) in [5.74, 6) is -2.58. The van der Waals surface area contributed by atoms with Crippen LogP contribution in [0.4, 0.5) is 24.5 Å². The van der Waals surface area contributed by atoms with E-state index in [4.69, 9.17) is 11.6 Å². The molecular weight excluding hydrogens is 437 g/mol. The van der Waals surface area contributed by atoms with Gasteiger partial charge in [0.05, 0.1) is 22.5 Å². The molecule has 0 aromatic heterocycles. The number of hydrogen-bond donors (Lipinski definition) is 3. The summed E-state index contributed by atoms with van der Waals surface area (Å²) in [4.78, 5) is 25.8. The molecule has 166 valence electrons. The van der Waals surface area contributed by atoms with Gasteiger partial charge in [-0.2, -0.15) is 18.3 Å². The van der Waals surface area contributed by atoms with Crippen molar-refractivity contribution in [2.24, 2.45) is 5.10 Å². The number of alkyl halides is 3. The maximum absolute atomic E-state index is 12.8. The summed E-state index contributed by atoms with van der Waals surface area (Å²) in [6, 6.07) is 7.21. The van der Waals surface area contributed by atoms with Gasteiger partial charge in [0, 0.05) is 30.4 Å². The molecule has 0 aliphatic carbocycles. The van der Waals surface area contributed by atoms with Crippen LogP contribution >= 0.6 is 11.6 Å². The van der Waals surface area contributed by atoms with E-state index < -0.39 is 23.6 Å². The molecule has 0 saturated heterocycles. The van der Waals surface area contributed by atoms with Crippen LogP contribution in [0.3, 0.4) is 0 Å². The summed E-state index contributed by atoms with van der Waals surface area (Å²) in [5, 5.41) is 15.5. The molecule has 0 bridgehead atoms. The van der Waals surface area contributed by atoms with Crippen LogP contribution < -0.4 is 15.6 Å². The molecule has 2 aromatic rings. The Hall–Kier alpha value is -3.27. The molecule has 0 fully saturated rings. The smallest absolute Gasteiger partial charge is 0.416 e. The Bertz CT molecular complexity index is 992. The molecule has 0 aliphatic rings. The minimum Gasteiger partial charge on any atom is -0.507 e. The Morgan fingerprint density at radius 2 is 1.81 bits per heavy atom. The fourth-order valence-electron chi connectivity index (χ4n) is 2.61. The molecule has 7 nitrogen and oxygen atoms in total. The lowest BCUT2D eigenvalue weighted by atomic mass is 10.2. The lowest BCUT2D eigenvalue weighted by Gasteiger charge is -2.21. The maximum Gasteiger partial charge on any atom is 0.416 e. The first kappa shape index (κ1) is 24.0. The van der Waals surface area contributed by atoms with Gasteiger partial charge in [-0.3, -0.25) is 9.59 Å². The molecule has 11 heteroatoms. The summed E-state index contributed by atoms with van der Waals surface area (Å²) in [5.41, 5.74) is 1.63. The zero-order valence-corrected chi connectivity index (χ0v) is 17.4. The molecule has 2 rings (SSSR count). The van der Waals surface area contributed by atoms with Gasteiger partial charge in [0.1, 0.15) is 5.75 Å². The van der Waals surface area contributed by atoms with Gasteiger partial charge in [-0.15, -0.1) is 0 Å². The normalized spacial score (nSPS) is 11.4. The zero-order valence-electron chi connectivity index (χ0n) is 16.6. The van der Waals surface area contributed by atoms with Crippen molar-refractivity contribution < 1.29 is 27.9 Å². The van der Waals surface area contributed by atoms with Gasteiger partial charge in [0.15, 0.2) is 0 Å². The Morgan fingerprint density at radius 3 is 2.39 bits per heavy atom. The quantitative estimate of drug-likeness (QED) is 0.348.